The van der Waals surface area contributed by atoms with E-state index >= 15 is 0 Å². The van der Waals surface area contributed by atoms with E-state index in [4.69, 9.17) is 0 Å². The van der Waals surface area contributed by atoms with Crippen molar-refractivity contribution in [2.24, 2.45) is 5.92 Å². The largest absolute Gasteiger partial charge is 0.326 e. The number of nitrogens with one attached hydrogen (secondary N) is 1. The van der Waals surface area contributed by atoms with Crippen LogP contribution in [0.3, 0.4) is 0 Å². The number of amides is 2. The van der Waals surface area contributed by atoms with Crippen molar-refractivity contribution in [1.29, 1.82) is 0 Å². The lowest BCUT2D eigenvalue weighted by Gasteiger charge is -2.19. The fourth-order valence-corrected chi connectivity index (χ4v) is 3.60. The zero-order valence-electron chi connectivity index (χ0n) is 14.0. The van der Waals surface area contributed by atoms with Gasteiger partial charge in [-0.25, -0.2) is 0 Å². The number of nitrogens with zero attached hydrogens (tertiary/aromatic N) is 1. The molecule has 1 heterocycles. The van der Waals surface area contributed by atoms with E-state index in [9.17, 15) is 9.59 Å². The lowest BCUT2D eigenvalue weighted by molar-refractivity contribution is -0.122. The number of anilines is 2. The summed E-state index contributed by atoms with van der Waals surface area (Å²) in [6.07, 6.45) is 0.228. The topological polar surface area (TPSA) is 49.4 Å². The summed E-state index contributed by atoms with van der Waals surface area (Å²) in [7, 11) is 0. The predicted octanol–water partition coefficient (Wildman–Crippen LogP) is 4.59. The highest BCUT2D eigenvalue weighted by molar-refractivity contribution is 9.10. The first-order valence-corrected chi connectivity index (χ1v) is 9.26. The van der Waals surface area contributed by atoms with Gasteiger partial charge in [0, 0.05) is 28.5 Å². The molecule has 2 amide bonds. The highest BCUT2D eigenvalue weighted by Gasteiger charge is 2.35. The Hall–Kier alpha value is -2.66. The average molecular weight is 409 g/mol. The molecule has 1 atom stereocenters. The monoisotopic (exact) mass is 408 g/mol. The Balaban J connectivity index is 1.55. The van der Waals surface area contributed by atoms with Crippen molar-refractivity contribution in [3.05, 3.63) is 71.2 Å². The summed E-state index contributed by atoms with van der Waals surface area (Å²) in [5, 5.41) is 5.01. The Kier molecular flexibility index (Phi) is 4.47. The van der Waals surface area contributed by atoms with Crippen LogP contribution in [0, 0.1) is 5.92 Å². The molecule has 1 aliphatic heterocycles. The lowest BCUT2D eigenvalue weighted by Crippen LogP contribution is -2.28. The Labute approximate surface area is 159 Å². The third-order valence-electron chi connectivity index (χ3n) is 4.67. The van der Waals surface area contributed by atoms with Gasteiger partial charge in [-0.15, -0.1) is 0 Å². The fraction of sp³-hybridized carbons (Fsp3) is 0.143. The Bertz CT molecular complexity index is 979. The average Bonchev–Trinajstić information content (AvgIpc) is 3.05. The van der Waals surface area contributed by atoms with Crippen LogP contribution in [0.5, 0.6) is 0 Å². The normalized spacial score (nSPS) is 16.9. The standard InChI is InChI=1S/C21H17BrN2O2/c22-16-8-10-17(11-9-16)23-21(26)15-12-20(25)24(13-15)19-7-3-5-14-4-1-2-6-18(14)19/h1-11,15H,12-13H2,(H,23,26)/t15-/m0/s1. The van der Waals surface area contributed by atoms with Gasteiger partial charge in [0.15, 0.2) is 0 Å². The van der Waals surface area contributed by atoms with Crippen molar-refractivity contribution < 1.29 is 9.59 Å². The van der Waals surface area contributed by atoms with Crippen LogP contribution in [-0.2, 0) is 9.59 Å². The third-order valence-corrected chi connectivity index (χ3v) is 5.19. The molecule has 3 aromatic carbocycles. The van der Waals surface area contributed by atoms with Crippen LogP contribution in [0.15, 0.2) is 71.2 Å². The van der Waals surface area contributed by atoms with Crippen molar-refractivity contribution in [3.63, 3.8) is 0 Å². The van der Waals surface area contributed by atoms with Gasteiger partial charge < -0.3 is 10.2 Å². The SMILES string of the molecule is O=C(Nc1ccc(Br)cc1)[C@H]1CC(=O)N(c2cccc3ccccc23)C1. The molecule has 1 aliphatic rings. The van der Waals surface area contributed by atoms with Gasteiger partial charge in [0.05, 0.1) is 11.6 Å². The minimum atomic E-state index is -0.356. The smallest absolute Gasteiger partial charge is 0.229 e. The molecule has 0 unspecified atom stereocenters. The number of rotatable bonds is 3. The van der Waals surface area contributed by atoms with Gasteiger partial charge in [0.2, 0.25) is 11.8 Å². The summed E-state index contributed by atoms with van der Waals surface area (Å²) >= 11 is 3.38. The molecule has 0 aliphatic carbocycles. The molecule has 130 valence electrons. The van der Waals surface area contributed by atoms with E-state index < -0.39 is 0 Å². The van der Waals surface area contributed by atoms with Crippen molar-refractivity contribution in [2.75, 3.05) is 16.8 Å². The van der Waals surface area contributed by atoms with E-state index in [0.29, 0.717) is 6.54 Å². The van der Waals surface area contributed by atoms with E-state index in [1.807, 2.05) is 66.7 Å². The Morgan fingerprint density at radius 2 is 1.73 bits per heavy atom. The fourth-order valence-electron chi connectivity index (χ4n) is 3.34. The minimum Gasteiger partial charge on any atom is -0.326 e. The van der Waals surface area contributed by atoms with Gasteiger partial charge in [-0.05, 0) is 35.7 Å². The van der Waals surface area contributed by atoms with Crippen LogP contribution in [0.4, 0.5) is 11.4 Å². The third kappa shape index (κ3) is 3.22. The molecule has 0 spiro atoms. The molecule has 1 N–H and O–H groups in total. The second-order valence-corrected chi connectivity index (χ2v) is 7.32. The van der Waals surface area contributed by atoms with Gasteiger partial charge in [-0.1, -0.05) is 52.3 Å². The molecule has 0 bridgehead atoms. The van der Waals surface area contributed by atoms with Crippen LogP contribution in [0.1, 0.15) is 6.42 Å². The van der Waals surface area contributed by atoms with Crippen molar-refractivity contribution in [3.8, 4) is 0 Å². The van der Waals surface area contributed by atoms with E-state index in [0.717, 1.165) is 26.6 Å². The molecule has 4 nitrogen and oxygen atoms in total. The van der Waals surface area contributed by atoms with Gasteiger partial charge in [-0.3, -0.25) is 9.59 Å². The maximum atomic E-state index is 12.6. The summed E-state index contributed by atoms with van der Waals surface area (Å²) in [5.74, 6) is -0.495. The maximum Gasteiger partial charge on any atom is 0.229 e. The zero-order valence-corrected chi connectivity index (χ0v) is 15.6. The second-order valence-electron chi connectivity index (χ2n) is 6.40. The first-order chi connectivity index (χ1) is 12.6. The summed E-state index contributed by atoms with van der Waals surface area (Å²) < 4.78 is 0.952. The van der Waals surface area contributed by atoms with Crippen LogP contribution in [-0.4, -0.2) is 18.4 Å². The molecular weight excluding hydrogens is 392 g/mol. The maximum absolute atomic E-state index is 12.6. The zero-order chi connectivity index (χ0) is 18.1. The first kappa shape index (κ1) is 16.8. The second kappa shape index (κ2) is 6.92. The van der Waals surface area contributed by atoms with Crippen LogP contribution in [0.25, 0.3) is 10.8 Å². The highest BCUT2D eigenvalue weighted by Crippen LogP contribution is 2.32. The minimum absolute atomic E-state index is 0.0164. The Morgan fingerprint density at radius 3 is 2.54 bits per heavy atom. The van der Waals surface area contributed by atoms with Gasteiger partial charge in [0.25, 0.3) is 0 Å². The predicted molar refractivity (Wildman–Crippen MR) is 107 cm³/mol. The number of fused-ring (bicyclic) bond motifs is 1. The summed E-state index contributed by atoms with van der Waals surface area (Å²) in [6, 6.07) is 21.3. The number of hydrogen-bond donors (Lipinski definition) is 1. The van der Waals surface area contributed by atoms with Crippen LogP contribution < -0.4 is 10.2 Å². The molecular formula is C21H17BrN2O2. The number of benzene rings is 3. The number of halogens is 1. The number of carbonyl (C=O) groups excluding carboxylic acids is 2. The molecule has 1 saturated heterocycles. The molecule has 0 aromatic heterocycles. The molecule has 0 radical (unpaired) electrons. The molecule has 26 heavy (non-hydrogen) atoms. The van der Waals surface area contributed by atoms with E-state index in [1.54, 1.807) is 4.90 Å². The van der Waals surface area contributed by atoms with E-state index in [2.05, 4.69) is 21.2 Å². The molecule has 1 fully saturated rings. The number of hydrogen-bond acceptors (Lipinski definition) is 2. The van der Waals surface area contributed by atoms with Gasteiger partial charge >= 0.3 is 0 Å². The highest BCUT2D eigenvalue weighted by atomic mass is 79.9. The van der Waals surface area contributed by atoms with Gasteiger partial charge in [-0.2, -0.15) is 0 Å². The quantitative estimate of drug-likeness (QED) is 0.688. The van der Waals surface area contributed by atoms with Crippen LogP contribution >= 0.6 is 15.9 Å². The molecule has 5 heteroatoms. The van der Waals surface area contributed by atoms with E-state index in [-0.39, 0.29) is 24.2 Å². The first-order valence-electron chi connectivity index (χ1n) is 8.46. The van der Waals surface area contributed by atoms with Crippen LogP contribution in [0.2, 0.25) is 0 Å². The Morgan fingerprint density at radius 1 is 1.00 bits per heavy atom. The summed E-state index contributed by atoms with van der Waals surface area (Å²) in [6.45, 7) is 0.398. The molecule has 4 rings (SSSR count). The van der Waals surface area contributed by atoms with Crippen molar-refractivity contribution >= 4 is 49.9 Å². The lowest BCUT2D eigenvalue weighted by atomic mass is 10.1. The van der Waals surface area contributed by atoms with Crippen molar-refractivity contribution in [2.45, 2.75) is 6.42 Å². The van der Waals surface area contributed by atoms with E-state index in [1.165, 1.54) is 0 Å². The number of carbonyl (C=O) groups is 2. The molecule has 3 aromatic rings. The van der Waals surface area contributed by atoms with Gasteiger partial charge in [0.1, 0.15) is 0 Å². The summed E-state index contributed by atoms with van der Waals surface area (Å²) in [5.41, 5.74) is 1.60. The van der Waals surface area contributed by atoms with Crippen molar-refractivity contribution in [1.82, 2.24) is 0 Å². The molecule has 0 saturated carbocycles. The summed E-state index contributed by atoms with van der Waals surface area (Å²) in [4.78, 5) is 26.9.